The molecule has 2 aromatic carbocycles. The van der Waals surface area contributed by atoms with Crippen LogP contribution >= 0.6 is 23.2 Å². The lowest BCUT2D eigenvalue weighted by Crippen LogP contribution is -2.32. The van der Waals surface area contributed by atoms with Gasteiger partial charge in [0.1, 0.15) is 5.75 Å². The van der Waals surface area contributed by atoms with Gasteiger partial charge in [-0.1, -0.05) is 36.0 Å². The smallest absolute Gasteiger partial charge is 0.261 e. The van der Waals surface area contributed by atoms with Crippen molar-refractivity contribution in [1.29, 1.82) is 0 Å². The molecule has 9 heteroatoms. The van der Waals surface area contributed by atoms with E-state index >= 15 is 0 Å². The van der Waals surface area contributed by atoms with Crippen LogP contribution in [0.5, 0.6) is 5.75 Å². The number of amides is 1. The summed E-state index contributed by atoms with van der Waals surface area (Å²) < 4.78 is 33.5. The number of hydrogen-bond acceptors (Lipinski definition) is 4. The van der Waals surface area contributed by atoms with Gasteiger partial charge in [0, 0.05) is 23.1 Å². The number of benzene rings is 2. The number of hydrogen-bond donors (Lipinski definition) is 1. The lowest BCUT2D eigenvalue weighted by molar-refractivity contribution is 0.0758. The molecule has 0 spiro atoms. The molecule has 1 saturated heterocycles. The van der Waals surface area contributed by atoms with Gasteiger partial charge in [-0.2, -0.15) is 0 Å². The second-order valence-electron chi connectivity index (χ2n) is 6.83. The van der Waals surface area contributed by atoms with Crippen molar-refractivity contribution < 1.29 is 17.9 Å². The number of rotatable bonds is 5. The summed E-state index contributed by atoms with van der Waals surface area (Å²) in [6.45, 7) is 1.30. The molecular formula is C20H22Cl2N2O4S. The zero-order valence-electron chi connectivity index (χ0n) is 16.0. The average molecular weight is 457 g/mol. The summed E-state index contributed by atoms with van der Waals surface area (Å²) in [4.78, 5) is 14.8. The van der Waals surface area contributed by atoms with Crippen molar-refractivity contribution in [2.24, 2.45) is 0 Å². The number of carbonyl (C=O) groups excluding carboxylic acids is 1. The van der Waals surface area contributed by atoms with Crippen LogP contribution in [0.3, 0.4) is 0 Å². The molecule has 3 rings (SSSR count). The Kier molecular flexibility index (Phi) is 6.93. The predicted molar refractivity (Wildman–Crippen MR) is 115 cm³/mol. The lowest BCUT2D eigenvalue weighted by Gasteiger charge is -2.22. The SMILES string of the molecule is COc1ccc(S(=O)(=O)Nc2cc(Cl)cc(Cl)c2)cc1C(=O)N1CCCCCC1. The molecular weight excluding hydrogens is 435 g/mol. The highest BCUT2D eigenvalue weighted by atomic mass is 35.5. The van der Waals surface area contributed by atoms with Gasteiger partial charge in [0.15, 0.2) is 0 Å². The van der Waals surface area contributed by atoms with Gasteiger partial charge >= 0.3 is 0 Å². The Morgan fingerprint density at radius 1 is 1.00 bits per heavy atom. The van der Waals surface area contributed by atoms with Crippen molar-refractivity contribution in [2.75, 3.05) is 24.9 Å². The summed E-state index contributed by atoms with van der Waals surface area (Å²) in [6, 6.07) is 8.65. The molecule has 1 N–H and O–H groups in total. The maximum absolute atomic E-state index is 13.1. The first-order valence-electron chi connectivity index (χ1n) is 9.26. The molecule has 156 valence electrons. The lowest BCUT2D eigenvalue weighted by atomic mass is 10.1. The first-order chi connectivity index (χ1) is 13.8. The third-order valence-electron chi connectivity index (χ3n) is 4.72. The van der Waals surface area contributed by atoms with E-state index in [1.54, 1.807) is 4.90 Å². The van der Waals surface area contributed by atoms with Crippen molar-refractivity contribution in [3.8, 4) is 5.75 Å². The maximum atomic E-state index is 13.1. The van der Waals surface area contributed by atoms with Crippen LogP contribution in [0.25, 0.3) is 0 Å². The summed E-state index contributed by atoms with van der Waals surface area (Å²) in [5.41, 5.74) is 0.458. The van der Waals surface area contributed by atoms with Gasteiger partial charge in [0.25, 0.3) is 15.9 Å². The van der Waals surface area contributed by atoms with E-state index in [2.05, 4.69) is 4.72 Å². The topological polar surface area (TPSA) is 75.7 Å². The molecule has 0 saturated carbocycles. The van der Waals surface area contributed by atoms with Gasteiger partial charge < -0.3 is 9.64 Å². The fourth-order valence-corrected chi connectivity index (χ4v) is 4.88. The first kappa shape index (κ1) is 21.7. The van der Waals surface area contributed by atoms with Crippen molar-refractivity contribution in [1.82, 2.24) is 4.90 Å². The molecule has 1 aliphatic heterocycles. The van der Waals surface area contributed by atoms with Gasteiger partial charge in [0.2, 0.25) is 0 Å². The monoisotopic (exact) mass is 456 g/mol. The van der Waals surface area contributed by atoms with E-state index in [0.717, 1.165) is 25.7 Å². The van der Waals surface area contributed by atoms with Gasteiger partial charge in [-0.25, -0.2) is 8.42 Å². The number of likely N-dealkylation sites (tertiary alicyclic amines) is 1. The highest BCUT2D eigenvalue weighted by Crippen LogP contribution is 2.28. The van der Waals surface area contributed by atoms with E-state index in [4.69, 9.17) is 27.9 Å². The zero-order chi connectivity index (χ0) is 21.0. The van der Waals surface area contributed by atoms with Crippen LogP contribution in [0.4, 0.5) is 5.69 Å². The molecule has 6 nitrogen and oxygen atoms in total. The summed E-state index contributed by atoms with van der Waals surface area (Å²) in [7, 11) is -2.51. The summed E-state index contributed by atoms with van der Waals surface area (Å²) in [6.07, 6.45) is 4.04. The highest BCUT2D eigenvalue weighted by Gasteiger charge is 2.24. The molecule has 1 fully saturated rings. The largest absolute Gasteiger partial charge is 0.496 e. The highest BCUT2D eigenvalue weighted by molar-refractivity contribution is 7.92. The van der Waals surface area contributed by atoms with Crippen molar-refractivity contribution in [3.63, 3.8) is 0 Å². The third kappa shape index (κ3) is 5.35. The fraction of sp³-hybridized carbons (Fsp3) is 0.350. The molecule has 1 aliphatic rings. The minimum absolute atomic E-state index is 0.0485. The number of anilines is 1. The second-order valence-corrected chi connectivity index (χ2v) is 9.39. The third-order valence-corrected chi connectivity index (χ3v) is 6.54. The summed E-state index contributed by atoms with van der Waals surface area (Å²) in [5.74, 6) is 0.107. The quantitative estimate of drug-likeness (QED) is 0.699. The Morgan fingerprint density at radius 2 is 1.62 bits per heavy atom. The molecule has 2 aromatic rings. The fourth-order valence-electron chi connectivity index (χ4n) is 3.29. The van der Waals surface area contributed by atoms with Gasteiger partial charge in [-0.05, 0) is 49.2 Å². The molecule has 1 amide bonds. The Balaban J connectivity index is 1.93. The molecule has 0 aromatic heterocycles. The van der Waals surface area contributed by atoms with E-state index in [1.165, 1.54) is 43.5 Å². The molecule has 0 radical (unpaired) electrons. The van der Waals surface area contributed by atoms with E-state index in [-0.39, 0.29) is 22.1 Å². The second kappa shape index (κ2) is 9.24. The van der Waals surface area contributed by atoms with E-state index < -0.39 is 10.0 Å². The van der Waals surface area contributed by atoms with Crippen molar-refractivity contribution in [2.45, 2.75) is 30.6 Å². The van der Waals surface area contributed by atoms with Crippen LogP contribution in [0.1, 0.15) is 36.0 Å². The van der Waals surface area contributed by atoms with Crippen molar-refractivity contribution >= 4 is 44.8 Å². The van der Waals surface area contributed by atoms with Crippen LogP contribution in [0.15, 0.2) is 41.3 Å². The number of carbonyl (C=O) groups is 1. The van der Waals surface area contributed by atoms with Crippen LogP contribution in [-0.4, -0.2) is 39.4 Å². The first-order valence-corrected chi connectivity index (χ1v) is 11.5. The number of halogens is 2. The van der Waals surface area contributed by atoms with Gasteiger partial charge in [-0.3, -0.25) is 9.52 Å². The average Bonchev–Trinajstić information content (AvgIpc) is 2.95. The number of nitrogens with one attached hydrogen (secondary N) is 1. The van der Waals surface area contributed by atoms with E-state index in [1.807, 2.05) is 0 Å². The predicted octanol–water partition coefficient (Wildman–Crippen LogP) is 4.82. The Labute approximate surface area is 180 Å². The molecule has 0 unspecified atom stereocenters. The molecule has 0 bridgehead atoms. The van der Waals surface area contributed by atoms with E-state index in [0.29, 0.717) is 28.9 Å². The number of nitrogens with zero attached hydrogens (tertiary/aromatic N) is 1. The minimum Gasteiger partial charge on any atom is -0.496 e. The number of sulfonamides is 1. The molecule has 0 atom stereocenters. The molecule has 1 heterocycles. The van der Waals surface area contributed by atoms with Crippen LogP contribution < -0.4 is 9.46 Å². The molecule has 0 aliphatic carbocycles. The van der Waals surface area contributed by atoms with Gasteiger partial charge in [0.05, 0.1) is 23.3 Å². The number of ether oxygens (including phenoxy) is 1. The van der Waals surface area contributed by atoms with Crippen molar-refractivity contribution in [3.05, 3.63) is 52.0 Å². The van der Waals surface area contributed by atoms with Gasteiger partial charge in [-0.15, -0.1) is 0 Å². The van der Waals surface area contributed by atoms with Crippen LogP contribution in [-0.2, 0) is 10.0 Å². The minimum atomic E-state index is -3.96. The van der Waals surface area contributed by atoms with Crippen LogP contribution in [0.2, 0.25) is 10.0 Å². The Hall–Kier alpha value is -1.96. The zero-order valence-corrected chi connectivity index (χ0v) is 18.3. The number of methoxy groups -OCH3 is 1. The molecule has 29 heavy (non-hydrogen) atoms. The Bertz CT molecular complexity index is 983. The van der Waals surface area contributed by atoms with E-state index in [9.17, 15) is 13.2 Å². The standard InChI is InChI=1S/C20H22Cl2N2O4S/c1-28-19-7-6-17(13-18(19)20(25)24-8-4-2-3-5-9-24)29(26,27)23-16-11-14(21)10-15(22)12-16/h6-7,10-13,23H,2-5,8-9H2,1H3. The normalized spacial score (nSPS) is 14.9. The maximum Gasteiger partial charge on any atom is 0.261 e. The summed E-state index contributed by atoms with van der Waals surface area (Å²) in [5, 5.41) is 0.615. The Morgan fingerprint density at radius 3 is 2.21 bits per heavy atom. The summed E-state index contributed by atoms with van der Waals surface area (Å²) >= 11 is 11.9. The van der Waals surface area contributed by atoms with Crippen LogP contribution in [0, 0.1) is 0 Å².